The number of ether oxygens (including phenoxy) is 2. The molecule has 1 heterocycles. The number of aromatic nitrogens is 2. The molecular formula is C16H15N3O3. The summed E-state index contributed by atoms with van der Waals surface area (Å²) in [4.78, 5) is 18.9. The fourth-order valence-electron chi connectivity index (χ4n) is 2.28. The number of H-pyrrole nitrogens is 1. The van der Waals surface area contributed by atoms with E-state index in [2.05, 4.69) is 9.97 Å². The van der Waals surface area contributed by atoms with E-state index in [0.29, 0.717) is 22.9 Å². The summed E-state index contributed by atoms with van der Waals surface area (Å²) in [6.07, 6.45) is 0. The van der Waals surface area contributed by atoms with Gasteiger partial charge in [-0.05, 0) is 36.4 Å². The second kappa shape index (κ2) is 5.40. The Hall–Kier alpha value is -3.02. The molecule has 3 rings (SSSR count). The maximum absolute atomic E-state index is 11.2. The number of nitrogens with one attached hydrogen (secondary N) is 1. The molecule has 3 aromatic rings. The van der Waals surface area contributed by atoms with Crippen molar-refractivity contribution in [1.29, 1.82) is 0 Å². The highest BCUT2D eigenvalue weighted by atomic mass is 16.5. The molecule has 0 aliphatic heterocycles. The van der Waals surface area contributed by atoms with Gasteiger partial charge in [0.05, 0.1) is 25.3 Å². The molecule has 0 unspecified atom stereocenters. The van der Waals surface area contributed by atoms with E-state index in [4.69, 9.17) is 15.2 Å². The minimum Gasteiger partial charge on any atom is -0.493 e. The molecule has 112 valence electrons. The predicted molar refractivity (Wildman–Crippen MR) is 83.2 cm³/mol. The first-order valence-electron chi connectivity index (χ1n) is 6.64. The van der Waals surface area contributed by atoms with Crippen molar-refractivity contribution in [2.75, 3.05) is 14.2 Å². The third-order valence-electron chi connectivity index (χ3n) is 3.42. The lowest BCUT2D eigenvalue weighted by Gasteiger charge is -2.08. The minimum absolute atomic E-state index is 0.440. The molecule has 1 aromatic heterocycles. The second-order valence-corrected chi connectivity index (χ2v) is 4.75. The van der Waals surface area contributed by atoms with Crippen LogP contribution < -0.4 is 15.2 Å². The van der Waals surface area contributed by atoms with Gasteiger partial charge in [0, 0.05) is 11.1 Å². The van der Waals surface area contributed by atoms with Crippen LogP contribution in [0, 0.1) is 0 Å². The lowest BCUT2D eigenvalue weighted by molar-refractivity contribution is 0.100. The molecule has 0 saturated carbocycles. The summed E-state index contributed by atoms with van der Waals surface area (Å²) in [6.45, 7) is 0. The monoisotopic (exact) mass is 297 g/mol. The Morgan fingerprint density at radius 2 is 1.86 bits per heavy atom. The minimum atomic E-state index is -0.468. The van der Waals surface area contributed by atoms with Crippen LogP contribution in [-0.4, -0.2) is 30.1 Å². The van der Waals surface area contributed by atoms with Crippen LogP contribution in [0.1, 0.15) is 10.4 Å². The first-order chi connectivity index (χ1) is 10.6. The number of amides is 1. The van der Waals surface area contributed by atoms with Gasteiger partial charge >= 0.3 is 0 Å². The third-order valence-corrected chi connectivity index (χ3v) is 3.42. The highest BCUT2D eigenvalue weighted by Gasteiger charge is 2.11. The summed E-state index contributed by atoms with van der Waals surface area (Å²) in [5, 5.41) is 0. The largest absolute Gasteiger partial charge is 0.493 e. The molecule has 2 aromatic carbocycles. The van der Waals surface area contributed by atoms with E-state index in [-0.39, 0.29) is 0 Å². The summed E-state index contributed by atoms with van der Waals surface area (Å²) in [6, 6.07) is 10.6. The molecule has 3 N–H and O–H groups in total. The summed E-state index contributed by atoms with van der Waals surface area (Å²) >= 11 is 0. The maximum atomic E-state index is 11.2. The van der Waals surface area contributed by atoms with Crippen molar-refractivity contribution in [3.8, 4) is 22.9 Å². The Labute approximate surface area is 126 Å². The van der Waals surface area contributed by atoms with E-state index >= 15 is 0 Å². The van der Waals surface area contributed by atoms with Gasteiger partial charge in [-0.2, -0.15) is 0 Å². The van der Waals surface area contributed by atoms with E-state index in [1.165, 1.54) is 0 Å². The molecule has 0 spiro atoms. The van der Waals surface area contributed by atoms with Crippen LogP contribution in [0.2, 0.25) is 0 Å². The number of carbonyl (C=O) groups excluding carboxylic acids is 1. The first kappa shape index (κ1) is 13.9. The zero-order valence-electron chi connectivity index (χ0n) is 12.2. The van der Waals surface area contributed by atoms with Crippen molar-refractivity contribution < 1.29 is 14.3 Å². The molecule has 0 aliphatic carbocycles. The van der Waals surface area contributed by atoms with Crippen LogP contribution >= 0.6 is 0 Å². The summed E-state index contributed by atoms with van der Waals surface area (Å²) in [5.74, 6) is 1.48. The predicted octanol–water partition coefficient (Wildman–Crippen LogP) is 2.35. The Morgan fingerprint density at radius 1 is 1.09 bits per heavy atom. The zero-order chi connectivity index (χ0) is 15.7. The van der Waals surface area contributed by atoms with Crippen LogP contribution in [0.4, 0.5) is 0 Å². The standard InChI is InChI=1S/C16H15N3O3/c1-21-13-6-4-10(8-14(13)22-2)16-18-11-5-3-9(15(17)20)7-12(11)19-16/h3-8H,1-2H3,(H2,17,20)(H,18,19). The van der Waals surface area contributed by atoms with Gasteiger partial charge in [0.25, 0.3) is 0 Å². The lowest BCUT2D eigenvalue weighted by Crippen LogP contribution is -2.10. The van der Waals surface area contributed by atoms with E-state index in [1.54, 1.807) is 32.4 Å². The molecule has 0 aliphatic rings. The number of carbonyl (C=O) groups is 1. The number of benzene rings is 2. The average molecular weight is 297 g/mol. The number of fused-ring (bicyclic) bond motifs is 1. The van der Waals surface area contributed by atoms with E-state index in [0.717, 1.165) is 16.6 Å². The van der Waals surface area contributed by atoms with Gasteiger partial charge in [-0.3, -0.25) is 4.79 Å². The molecule has 0 atom stereocenters. The number of nitrogens with zero attached hydrogens (tertiary/aromatic N) is 1. The normalized spacial score (nSPS) is 10.6. The Balaban J connectivity index is 2.08. The first-order valence-corrected chi connectivity index (χ1v) is 6.64. The fraction of sp³-hybridized carbons (Fsp3) is 0.125. The van der Waals surface area contributed by atoms with E-state index < -0.39 is 5.91 Å². The van der Waals surface area contributed by atoms with Crippen molar-refractivity contribution in [3.05, 3.63) is 42.0 Å². The van der Waals surface area contributed by atoms with Crippen LogP contribution in [0.3, 0.4) is 0 Å². The smallest absolute Gasteiger partial charge is 0.248 e. The Morgan fingerprint density at radius 3 is 2.55 bits per heavy atom. The van der Waals surface area contributed by atoms with Gasteiger partial charge in [-0.15, -0.1) is 0 Å². The number of rotatable bonds is 4. The molecule has 1 amide bonds. The van der Waals surface area contributed by atoms with Crippen LogP contribution in [0.15, 0.2) is 36.4 Å². The molecule has 0 bridgehead atoms. The molecular weight excluding hydrogens is 282 g/mol. The molecule has 6 nitrogen and oxygen atoms in total. The van der Waals surface area contributed by atoms with E-state index in [1.807, 2.05) is 18.2 Å². The number of hydrogen-bond donors (Lipinski definition) is 2. The highest BCUT2D eigenvalue weighted by Crippen LogP contribution is 2.32. The quantitative estimate of drug-likeness (QED) is 0.773. The summed E-state index contributed by atoms with van der Waals surface area (Å²) in [5.41, 5.74) is 8.09. The number of primary amides is 1. The second-order valence-electron chi connectivity index (χ2n) is 4.75. The van der Waals surface area contributed by atoms with Gasteiger partial charge in [0.15, 0.2) is 11.5 Å². The number of methoxy groups -OCH3 is 2. The summed E-state index contributed by atoms with van der Waals surface area (Å²) in [7, 11) is 3.17. The average Bonchev–Trinajstić information content (AvgIpc) is 2.97. The molecule has 0 saturated heterocycles. The Kier molecular flexibility index (Phi) is 3.42. The van der Waals surface area contributed by atoms with Crippen molar-refractivity contribution in [1.82, 2.24) is 9.97 Å². The molecule has 6 heteroatoms. The van der Waals surface area contributed by atoms with Gasteiger partial charge in [-0.25, -0.2) is 4.98 Å². The number of imidazole rings is 1. The number of aromatic amines is 1. The third kappa shape index (κ3) is 2.35. The highest BCUT2D eigenvalue weighted by molar-refractivity contribution is 5.96. The van der Waals surface area contributed by atoms with Crippen molar-refractivity contribution in [3.63, 3.8) is 0 Å². The maximum Gasteiger partial charge on any atom is 0.248 e. The number of hydrogen-bond acceptors (Lipinski definition) is 4. The van der Waals surface area contributed by atoms with Crippen molar-refractivity contribution in [2.45, 2.75) is 0 Å². The van der Waals surface area contributed by atoms with Gasteiger partial charge in [-0.1, -0.05) is 0 Å². The van der Waals surface area contributed by atoms with Crippen molar-refractivity contribution in [2.24, 2.45) is 5.73 Å². The Bertz CT molecular complexity index is 855. The van der Waals surface area contributed by atoms with Gasteiger partial charge < -0.3 is 20.2 Å². The van der Waals surface area contributed by atoms with Crippen LogP contribution in [0.25, 0.3) is 22.4 Å². The summed E-state index contributed by atoms with van der Waals surface area (Å²) < 4.78 is 10.5. The van der Waals surface area contributed by atoms with Gasteiger partial charge in [0.1, 0.15) is 5.82 Å². The lowest BCUT2D eigenvalue weighted by atomic mass is 10.2. The fourth-order valence-corrected chi connectivity index (χ4v) is 2.28. The van der Waals surface area contributed by atoms with Gasteiger partial charge in [0.2, 0.25) is 5.91 Å². The number of nitrogens with two attached hydrogens (primary N) is 1. The topological polar surface area (TPSA) is 90.2 Å². The van der Waals surface area contributed by atoms with Crippen LogP contribution in [-0.2, 0) is 0 Å². The molecule has 0 fully saturated rings. The zero-order valence-corrected chi connectivity index (χ0v) is 12.2. The molecule has 0 radical (unpaired) electrons. The van der Waals surface area contributed by atoms with Crippen molar-refractivity contribution >= 4 is 16.9 Å². The molecule has 22 heavy (non-hydrogen) atoms. The SMILES string of the molecule is COc1ccc(-c2nc3ccc(C(N)=O)cc3[nH]2)cc1OC. The van der Waals surface area contributed by atoms with Crippen LogP contribution in [0.5, 0.6) is 11.5 Å². The van der Waals surface area contributed by atoms with E-state index in [9.17, 15) is 4.79 Å².